The van der Waals surface area contributed by atoms with Gasteiger partial charge in [-0.3, -0.25) is 4.79 Å². The molecule has 0 bridgehead atoms. The number of nitrogens with one attached hydrogen (secondary N) is 1. The van der Waals surface area contributed by atoms with Crippen LogP contribution in [0.2, 0.25) is 0 Å². The maximum absolute atomic E-state index is 11.8. The Morgan fingerprint density at radius 2 is 2.19 bits per heavy atom. The van der Waals surface area contributed by atoms with Crippen molar-refractivity contribution in [1.29, 1.82) is 0 Å². The van der Waals surface area contributed by atoms with E-state index in [1.807, 2.05) is 25.3 Å². The molecule has 0 atom stereocenters. The molecule has 84 valence electrons. The SMILES string of the molecule is CSc1ncc2c(=O)cc(N(C)C)[nH]c2n1. The molecule has 0 unspecified atom stereocenters. The summed E-state index contributed by atoms with van der Waals surface area (Å²) in [5, 5.41) is 1.17. The number of rotatable bonds is 2. The zero-order valence-corrected chi connectivity index (χ0v) is 10.1. The van der Waals surface area contributed by atoms with Crippen molar-refractivity contribution < 1.29 is 0 Å². The molecule has 0 fully saturated rings. The van der Waals surface area contributed by atoms with Gasteiger partial charge in [-0.25, -0.2) is 9.97 Å². The number of hydrogen-bond donors (Lipinski definition) is 1. The van der Waals surface area contributed by atoms with E-state index in [0.717, 1.165) is 5.82 Å². The molecule has 0 radical (unpaired) electrons. The zero-order valence-electron chi connectivity index (χ0n) is 9.31. The third-order valence-electron chi connectivity index (χ3n) is 2.21. The Morgan fingerprint density at radius 3 is 2.81 bits per heavy atom. The lowest BCUT2D eigenvalue weighted by Crippen LogP contribution is -2.15. The van der Waals surface area contributed by atoms with Crippen LogP contribution < -0.4 is 10.3 Å². The minimum Gasteiger partial charge on any atom is -0.364 e. The van der Waals surface area contributed by atoms with Crippen molar-refractivity contribution in [2.24, 2.45) is 0 Å². The van der Waals surface area contributed by atoms with Gasteiger partial charge in [0.1, 0.15) is 11.5 Å². The second-order valence-corrected chi connectivity index (χ2v) is 4.31. The molecule has 2 heterocycles. The molecule has 2 aromatic rings. The van der Waals surface area contributed by atoms with Crippen molar-refractivity contribution in [1.82, 2.24) is 15.0 Å². The number of hydrogen-bond acceptors (Lipinski definition) is 5. The van der Waals surface area contributed by atoms with Gasteiger partial charge >= 0.3 is 0 Å². The van der Waals surface area contributed by atoms with Gasteiger partial charge in [-0.2, -0.15) is 0 Å². The van der Waals surface area contributed by atoms with Crippen LogP contribution in [0.15, 0.2) is 22.2 Å². The normalized spacial score (nSPS) is 10.7. The molecular weight excluding hydrogens is 224 g/mol. The monoisotopic (exact) mass is 236 g/mol. The molecule has 2 rings (SSSR count). The Balaban J connectivity index is 2.73. The summed E-state index contributed by atoms with van der Waals surface area (Å²) in [6.45, 7) is 0. The van der Waals surface area contributed by atoms with Crippen molar-refractivity contribution in [3.63, 3.8) is 0 Å². The molecule has 6 heteroatoms. The van der Waals surface area contributed by atoms with Crippen LogP contribution in [0, 0.1) is 0 Å². The largest absolute Gasteiger partial charge is 0.364 e. The Bertz CT molecular complexity index is 579. The number of thioether (sulfide) groups is 1. The molecular formula is C10H12N4OS. The Hall–Kier alpha value is -1.56. The van der Waals surface area contributed by atoms with Crippen molar-refractivity contribution in [3.8, 4) is 0 Å². The molecule has 0 aliphatic carbocycles. The summed E-state index contributed by atoms with van der Waals surface area (Å²) in [6, 6.07) is 1.55. The fourth-order valence-corrected chi connectivity index (χ4v) is 1.68. The highest BCUT2D eigenvalue weighted by molar-refractivity contribution is 7.98. The van der Waals surface area contributed by atoms with Crippen LogP contribution in [0.5, 0.6) is 0 Å². The quantitative estimate of drug-likeness (QED) is 0.625. The Labute approximate surface area is 96.9 Å². The lowest BCUT2D eigenvalue weighted by atomic mass is 10.3. The van der Waals surface area contributed by atoms with Gasteiger partial charge < -0.3 is 9.88 Å². The third kappa shape index (κ3) is 1.88. The maximum atomic E-state index is 11.8. The summed E-state index contributed by atoms with van der Waals surface area (Å²) >= 11 is 1.45. The number of aromatic nitrogens is 3. The Kier molecular flexibility index (Phi) is 2.82. The predicted octanol–water partition coefficient (Wildman–Crippen LogP) is 1.11. The summed E-state index contributed by atoms with van der Waals surface area (Å²) in [7, 11) is 3.74. The van der Waals surface area contributed by atoms with Gasteiger partial charge in [0.25, 0.3) is 0 Å². The van der Waals surface area contributed by atoms with E-state index >= 15 is 0 Å². The highest BCUT2D eigenvalue weighted by Gasteiger charge is 2.06. The van der Waals surface area contributed by atoms with Gasteiger partial charge in [0.05, 0.1) is 5.39 Å². The first-order valence-corrected chi connectivity index (χ1v) is 5.95. The fraction of sp³-hybridized carbons (Fsp3) is 0.300. The number of fused-ring (bicyclic) bond motifs is 1. The summed E-state index contributed by atoms with van der Waals surface area (Å²) in [6.07, 6.45) is 3.46. The van der Waals surface area contributed by atoms with E-state index in [1.165, 1.54) is 11.8 Å². The van der Waals surface area contributed by atoms with Crippen LogP contribution in [-0.4, -0.2) is 35.3 Å². The zero-order chi connectivity index (χ0) is 11.7. The lowest BCUT2D eigenvalue weighted by Gasteiger charge is -2.12. The molecule has 0 amide bonds. The van der Waals surface area contributed by atoms with Crippen LogP contribution in [0.1, 0.15) is 0 Å². The van der Waals surface area contributed by atoms with E-state index in [4.69, 9.17) is 0 Å². The highest BCUT2D eigenvalue weighted by atomic mass is 32.2. The fourth-order valence-electron chi connectivity index (χ4n) is 1.34. The van der Waals surface area contributed by atoms with E-state index in [0.29, 0.717) is 16.2 Å². The number of aromatic amines is 1. The minimum absolute atomic E-state index is 0.0647. The van der Waals surface area contributed by atoms with Gasteiger partial charge in [0, 0.05) is 26.4 Å². The molecule has 0 aromatic carbocycles. The van der Waals surface area contributed by atoms with Crippen molar-refractivity contribution in [3.05, 3.63) is 22.5 Å². The van der Waals surface area contributed by atoms with E-state index in [1.54, 1.807) is 12.3 Å². The average molecular weight is 236 g/mol. The van der Waals surface area contributed by atoms with E-state index < -0.39 is 0 Å². The summed E-state index contributed by atoms with van der Waals surface area (Å²) in [4.78, 5) is 25.1. The number of anilines is 1. The topological polar surface area (TPSA) is 61.9 Å². The molecule has 0 aliphatic heterocycles. The van der Waals surface area contributed by atoms with Crippen molar-refractivity contribution in [2.75, 3.05) is 25.3 Å². The molecule has 0 saturated carbocycles. The molecule has 2 aromatic heterocycles. The van der Waals surface area contributed by atoms with Crippen molar-refractivity contribution in [2.45, 2.75) is 5.16 Å². The second-order valence-electron chi connectivity index (χ2n) is 3.53. The highest BCUT2D eigenvalue weighted by Crippen LogP contribution is 2.13. The molecule has 5 nitrogen and oxygen atoms in total. The summed E-state index contributed by atoms with van der Waals surface area (Å²) < 4.78 is 0. The van der Waals surface area contributed by atoms with Gasteiger partial charge in [-0.1, -0.05) is 11.8 Å². The van der Waals surface area contributed by atoms with Crippen LogP contribution in [0.25, 0.3) is 11.0 Å². The third-order valence-corrected chi connectivity index (χ3v) is 2.77. The van der Waals surface area contributed by atoms with Gasteiger partial charge in [-0.15, -0.1) is 0 Å². The first-order valence-electron chi connectivity index (χ1n) is 4.73. The molecule has 0 spiro atoms. The van der Waals surface area contributed by atoms with Crippen LogP contribution in [-0.2, 0) is 0 Å². The number of nitrogens with zero attached hydrogens (tertiary/aromatic N) is 3. The van der Waals surface area contributed by atoms with Gasteiger partial charge in [0.15, 0.2) is 10.6 Å². The molecule has 1 N–H and O–H groups in total. The smallest absolute Gasteiger partial charge is 0.194 e. The van der Waals surface area contributed by atoms with Gasteiger partial charge in [-0.05, 0) is 6.26 Å². The van der Waals surface area contributed by atoms with E-state index in [-0.39, 0.29) is 5.43 Å². The first kappa shape index (κ1) is 10.9. The summed E-state index contributed by atoms with van der Waals surface area (Å²) in [5.74, 6) is 0.739. The number of H-pyrrole nitrogens is 1. The minimum atomic E-state index is -0.0647. The second kappa shape index (κ2) is 4.13. The molecule has 0 saturated heterocycles. The number of pyridine rings is 1. The van der Waals surface area contributed by atoms with E-state index in [9.17, 15) is 4.79 Å². The summed E-state index contributed by atoms with van der Waals surface area (Å²) in [5.41, 5.74) is 0.514. The maximum Gasteiger partial charge on any atom is 0.194 e. The molecule has 16 heavy (non-hydrogen) atoms. The Morgan fingerprint density at radius 1 is 1.44 bits per heavy atom. The molecule has 0 aliphatic rings. The van der Waals surface area contributed by atoms with Crippen LogP contribution in [0.4, 0.5) is 5.82 Å². The van der Waals surface area contributed by atoms with Crippen molar-refractivity contribution >= 4 is 28.6 Å². The lowest BCUT2D eigenvalue weighted by molar-refractivity contribution is 0.980. The standard InChI is InChI=1S/C10H12N4OS/c1-14(2)8-4-7(15)6-5-11-10(16-3)13-9(6)12-8/h4-5H,1-3H3,(H,11,12,13,15). The first-order chi connectivity index (χ1) is 7.61. The van der Waals surface area contributed by atoms with Crippen LogP contribution in [0.3, 0.4) is 0 Å². The average Bonchev–Trinajstić information content (AvgIpc) is 2.28. The van der Waals surface area contributed by atoms with Crippen LogP contribution >= 0.6 is 11.8 Å². The van der Waals surface area contributed by atoms with E-state index in [2.05, 4.69) is 15.0 Å². The van der Waals surface area contributed by atoms with Gasteiger partial charge in [0.2, 0.25) is 0 Å². The predicted molar refractivity (Wildman–Crippen MR) is 66.3 cm³/mol.